The molecular formula is C20H32N4O3. The largest absolute Gasteiger partial charge is 0.370 e. The fraction of sp³-hybridized carbons (Fsp3) is 0.750. The van der Waals surface area contributed by atoms with E-state index in [1.165, 1.54) is 0 Å². The molecule has 0 aliphatic carbocycles. The van der Waals surface area contributed by atoms with Crippen molar-refractivity contribution >= 4 is 5.91 Å². The number of carbonyl (C=O) groups excluding carboxylic acids is 1. The Morgan fingerprint density at radius 2 is 1.89 bits per heavy atom. The lowest BCUT2D eigenvalue weighted by Gasteiger charge is -2.34. The van der Waals surface area contributed by atoms with Crippen molar-refractivity contribution in [1.82, 2.24) is 19.4 Å². The van der Waals surface area contributed by atoms with Crippen LogP contribution in [0.1, 0.15) is 39.3 Å². The third-order valence-corrected chi connectivity index (χ3v) is 5.58. The molecule has 0 N–H and O–H groups in total. The second-order valence-corrected chi connectivity index (χ2v) is 8.73. The predicted molar refractivity (Wildman–Crippen MR) is 104 cm³/mol. The fourth-order valence-electron chi connectivity index (χ4n) is 3.69. The van der Waals surface area contributed by atoms with Gasteiger partial charge in [0.15, 0.2) is 0 Å². The van der Waals surface area contributed by atoms with E-state index in [4.69, 9.17) is 4.74 Å². The van der Waals surface area contributed by atoms with E-state index in [0.717, 1.165) is 51.3 Å². The Morgan fingerprint density at radius 3 is 2.52 bits per heavy atom. The minimum Gasteiger partial charge on any atom is -0.370 e. The first-order valence-corrected chi connectivity index (χ1v) is 9.98. The number of hydrogen-bond acceptors (Lipinski definition) is 5. The number of piperidine rings is 1. The lowest BCUT2D eigenvalue weighted by molar-refractivity contribution is -0.142. The number of nitrogens with zero attached hydrogens (tertiary/aromatic N) is 4. The number of amides is 1. The molecule has 0 bridgehead atoms. The summed E-state index contributed by atoms with van der Waals surface area (Å²) in [6.45, 7) is 12.3. The van der Waals surface area contributed by atoms with E-state index in [1.807, 2.05) is 4.90 Å². The van der Waals surface area contributed by atoms with E-state index in [1.54, 1.807) is 17.0 Å². The summed E-state index contributed by atoms with van der Waals surface area (Å²) in [6.07, 6.45) is 3.86. The van der Waals surface area contributed by atoms with Crippen molar-refractivity contribution in [3.63, 3.8) is 0 Å². The minimum atomic E-state index is -0.106. The first-order valence-electron chi connectivity index (χ1n) is 9.98. The van der Waals surface area contributed by atoms with E-state index < -0.39 is 0 Å². The Hall–Kier alpha value is -1.73. The predicted octanol–water partition coefficient (Wildman–Crippen LogP) is 1.11. The number of aromatic nitrogens is 2. The quantitative estimate of drug-likeness (QED) is 0.770. The van der Waals surface area contributed by atoms with Crippen LogP contribution in [-0.2, 0) is 21.5 Å². The van der Waals surface area contributed by atoms with Crippen LogP contribution in [0.15, 0.2) is 17.2 Å². The molecule has 3 rings (SSSR count). The Morgan fingerprint density at radius 1 is 1.15 bits per heavy atom. The van der Waals surface area contributed by atoms with Crippen LogP contribution in [0, 0.1) is 5.92 Å². The summed E-state index contributed by atoms with van der Waals surface area (Å²) in [7, 11) is 0. The smallest absolute Gasteiger partial charge is 0.253 e. The van der Waals surface area contributed by atoms with Gasteiger partial charge in [0.05, 0.1) is 18.6 Å². The Kier molecular flexibility index (Phi) is 6.32. The molecule has 0 atom stereocenters. The number of rotatable bonds is 5. The molecular weight excluding hydrogens is 344 g/mol. The molecule has 2 saturated heterocycles. The number of likely N-dealkylation sites (tertiary alicyclic amines) is 1. The molecule has 27 heavy (non-hydrogen) atoms. The third kappa shape index (κ3) is 5.39. The van der Waals surface area contributed by atoms with Gasteiger partial charge < -0.3 is 14.5 Å². The maximum absolute atomic E-state index is 12.4. The van der Waals surface area contributed by atoms with Crippen LogP contribution in [0.2, 0.25) is 0 Å². The molecule has 0 spiro atoms. The zero-order valence-electron chi connectivity index (χ0n) is 16.8. The van der Waals surface area contributed by atoms with Crippen LogP contribution in [0.4, 0.5) is 0 Å². The van der Waals surface area contributed by atoms with E-state index in [-0.39, 0.29) is 23.5 Å². The molecule has 0 radical (unpaired) electrons. The van der Waals surface area contributed by atoms with Crippen LogP contribution < -0.4 is 5.56 Å². The summed E-state index contributed by atoms with van der Waals surface area (Å²) in [4.78, 5) is 33.0. The van der Waals surface area contributed by atoms with Crippen LogP contribution >= 0.6 is 0 Å². The molecule has 2 aliphatic rings. The van der Waals surface area contributed by atoms with Gasteiger partial charge in [-0.05, 0) is 31.8 Å². The summed E-state index contributed by atoms with van der Waals surface area (Å²) < 4.78 is 6.92. The summed E-state index contributed by atoms with van der Waals surface area (Å²) in [5.41, 5.74) is 0.783. The maximum atomic E-state index is 12.4. The van der Waals surface area contributed by atoms with Crippen molar-refractivity contribution in [3.05, 3.63) is 28.4 Å². The molecule has 2 aliphatic heterocycles. The number of morpholine rings is 1. The minimum absolute atomic E-state index is 0.0446. The van der Waals surface area contributed by atoms with Gasteiger partial charge in [0.1, 0.15) is 6.61 Å². The van der Waals surface area contributed by atoms with Gasteiger partial charge in [0, 0.05) is 37.7 Å². The van der Waals surface area contributed by atoms with Gasteiger partial charge in [0.2, 0.25) is 5.91 Å². The van der Waals surface area contributed by atoms with Crippen LogP contribution in [-0.4, -0.2) is 71.2 Å². The van der Waals surface area contributed by atoms with Crippen molar-refractivity contribution in [2.75, 3.05) is 45.9 Å². The molecule has 7 nitrogen and oxygen atoms in total. The maximum Gasteiger partial charge on any atom is 0.253 e. The van der Waals surface area contributed by atoms with Crippen LogP contribution in [0.25, 0.3) is 0 Å². The fourth-order valence-corrected chi connectivity index (χ4v) is 3.69. The highest BCUT2D eigenvalue weighted by molar-refractivity contribution is 5.77. The standard InChI is InChI=1S/C20H32N4O3/c1-20(2,3)17-12-18(25)24(15-21-17)13-16-4-6-22(7-5-16)8-9-23-10-11-27-14-19(23)26/h12,15-16H,4-11,13-14H2,1-3H3. The summed E-state index contributed by atoms with van der Waals surface area (Å²) in [5.74, 6) is 0.605. The second-order valence-electron chi connectivity index (χ2n) is 8.73. The van der Waals surface area contributed by atoms with Gasteiger partial charge in [-0.1, -0.05) is 20.8 Å². The van der Waals surface area contributed by atoms with Gasteiger partial charge in [-0.15, -0.1) is 0 Å². The Labute approximate surface area is 161 Å². The van der Waals surface area contributed by atoms with Crippen molar-refractivity contribution in [2.45, 2.75) is 45.6 Å². The van der Waals surface area contributed by atoms with Gasteiger partial charge in [-0.25, -0.2) is 4.98 Å². The number of ether oxygens (including phenoxy) is 1. The van der Waals surface area contributed by atoms with Gasteiger partial charge in [-0.2, -0.15) is 0 Å². The second kappa shape index (κ2) is 8.52. The van der Waals surface area contributed by atoms with Crippen molar-refractivity contribution < 1.29 is 9.53 Å². The van der Waals surface area contributed by atoms with Gasteiger partial charge in [-0.3, -0.25) is 14.2 Å². The molecule has 1 amide bonds. The van der Waals surface area contributed by atoms with E-state index in [2.05, 4.69) is 30.7 Å². The van der Waals surface area contributed by atoms with Crippen molar-refractivity contribution in [3.8, 4) is 0 Å². The SMILES string of the molecule is CC(C)(C)c1cc(=O)n(CC2CCN(CCN3CCOCC3=O)CC2)cn1. The van der Waals surface area contributed by atoms with Gasteiger partial charge >= 0.3 is 0 Å². The van der Waals surface area contributed by atoms with E-state index in [9.17, 15) is 9.59 Å². The van der Waals surface area contributed by atoms with Gasteiger partial charge in [0.25, 0.3) is 5.56 Å². The lowest BCUT2D eigenvalue weighted by Crippen LogP contribution is -2.46. The molecule has 2 fully saturated rings. The number of hydrogen-bond donors (Lipinski definition) is 0. The highest BCUT2D eigenvalue weighted by Crippen LogP contribution is 2.20. The number of carbonyl (C=O) groups is 1. The topological polar surface area (TPSA) is 67.7 Å². The Bertz CT molecular complexity index is 702. The molecule has 0 aromatic carbocycles. The zero-order chi connectivity index (χ0) is 19.4. The highest BCUT2D eigenvalue weighted by Gasteiger charge is 2.23. The molecule has 7 heteroatoms. The zero-order valence-corrected chi connectivity index (χ0v) is 16.8. The molecule has 150 valence electrons. The molecule has 0 unspecified atom stereocenters. The molecule has 1 aromatic heterocycles. The van der Waals surface area contributed by atoms with Crippen LogP contribution in [0.5, 0.6) is 0 Å². The van der Waals surface area contributed by atoms with Crippen molar-refractivity contribution in [1.29, 1.82) is 0 Å². The Balaban J connectivity index is 1.45. The van der Waals surface area contributed by atoms with E-state index in [0.29, 0.717) is 19.1 Å². The average molecular weight is 377 g/mol. The van der Waals surface area contributed by atoms with E-state index >= 15 is 0 Å². The third-order valence-electron chi connectivity index (χ3n) is 5.58. The molecule has 0 saturated carbocycles. The summed E-state index contributed by atoms with van der Waals surface area (Å²) in [6, 6.07) is 1.68. The normalized spacial score (nSPS) is 20.3. The van der Waals surface area contributed by atoms with Crippen LogP contribution in [0.3, 0.4) is 0 Å². The monoisotopic (exact) mass is 376 g/mol. The molecule has 1 aromatic rings. The van der Waals surface area contributed by atoms with Crippen molar-refractivity contribution in [2.24, 2.45) is 5.92 Å². The first kappa shape index (κ1) is 20.0. The average Bonchev–Trinajstić information content (AvgIpc) is 2.63. The molecule has 3 heterocycles. The first-order chi connectivity index (χ1) is 12.8. The lowest BCUT2D eigenvalue weighted by atomic mass is 9.92. The summed E-state index contributed by atoms with van der Waals surface area (Å²) >= 11 is 0. The summed E-state index contributed by atoms with van der Waals surface area (Å²) in [5, 5.41) is 0. The highest BCUT2D eigenvalue weighted by atomic mass is 16.5.